The van der Waals surface area contributed by atoms with Crippen LogP contribution in [-0.2, 0) is 20.9 Å². The summed E-state index contributed by atoms with van der Waals surface area (Å²) >= 11 is 0. The first-order valence-corrected chi connectivity index (χ1v) is 14.0. The van der Waals surface area contributed by atoms with Gasteiger partial charge < -0.3 is 43.6 Å². The van der Waals surface area contributed by atoms with E-state index in [1.165, 1.54) is 31.4 Å². The first-order chi connectivity index (χ1) is 20.9. The Morgan fingerprint density at radius 2 is 1.86 bits per heavy atom. The van der Waals surface area contributed by atoms with Crippen molar-refractivity contribution < 1.29 is 42.5 Å². The average molecular weight is 594 g/mol. The molecule has 0 unspecified atom stereocenters. The molecular formula is C31H35N3O9. The fourth-order valence-corrected chi connectivity index (χ4v) is 5.02. The fraction of sp³-hybridized carbons (Fsp3) is 0.387. The van der Waals surface area contributed by atoms with Gasteiger partial charge in [0.15, 0.2) is 28.8 Å². The van der Waals surface area contributed by atoms with Gasteiger partial charge in [0.25, 0.3) is 5.91 Å². The van der Waals surface area contributed by atoms with Crippen LogP contribution in [0.3, 0.4) is 0 Å². The maximum atomic E-state index is 13.9. The SMILES string of the molecule is COc1ccc([C@@H](CC(=O)N(CC(=O)NC[C@H]2CCCO2)Cc2ccc3c(c2)OCO3)NC(=O)c2ccco2)cc1OC. The van der Waals surface area contributed by atoms with Gasteiger partial charge in [-0.3, -0.25) is 14.4 Å². The van der Waals surface area contributed by atoms with Gasteiger partial charge in [-0.1, -0.05) is 12.1 Å². The number of carbonyl (C=O) groups excluding carboxylic acids is 3. The van der Waals surface area contributed by atoms with Crippen molar-refractivity contribution in [2.75, 3.05) is 40.7 Å². The molecule has 0 bridgehead atoms. The Hall–Kier alpha value is -4.71. The molecule has 3 aromatic rings. The van der Waals surface area contributed by atoms with E-state index in [1.807, 2.05) is 6.07 Å². The minimum atomic E-state index is -0.779. The number of carbonyl (C=O) groups is 3. The monoisotopic (exact) mass is 593 g/mol. The Balaban J connectivity index is 1.37. The molecule has 5 rings (SSSR count). The Morgan fingerprint density at radius 3 is 2.60 bits per heavy atom. The Bertz CT molecular complexity index is 1420. The molecule has 12 nitrogen and oxygen atoms in total. The van der Waals surface area contributed by atoms with Crippen molar-refractivity contribution in [2.24, 2.45) is 0 Å². The highest BCUT2D eigenvalue weighted by atomic mass is 16.7. The number of methoxy groups -OCH3 is 2. The molecule has 2 aliphatic rings. The summed E-state index contributed by atoms with van der Waals surface area (Å²) in [6.45, 7) is 1.11. The lowest BCUT2D eigenvalue weighted by Crippen LogP contribution is -2.43. The number of rotatable bonds is 13. The number of ether oxygens (including phenoxy) is 5. The summed E-state index contributed by atoms with van der Waals surface area (Å²) < 4.78 is 32.6. The van der Waals surface area contributed by atoms with E-state index >= 15 is 0 Å². The molecule has 0 aliphatic carbocycles. The fourth-order valence-electron chi connectivity index (χ4n) is 5.02. The van der Waals surface area contributed by atoms with Crippen LogP contribution in [0, 0.1) is 0 Å². The number of amides is 3. The van der Waals surface area contributed by atoms with Gasteiger partial charge in [0, 0.05) is 19.7 Å². The van der Waals surface area contributed by atoms with Gasteiger partial charge in [0.05, 0.1) is 45.6 Å². The third-order valence-electron chi connectivity index (χ3n) is 7.29. The molecule has 0 radical (unpaired) electrons. The van der Waals surface area contributed by atoms with Crippen molar-refractivity contribution >= 4 is 17.7 Å². The van der Waals surface area contributed by atoms with Crippen molar-refractivity contribution in [3.63, 3.8) is 0 Å². The summed E-state index contributed by atoms with van der Waals surface area (Å²) in [6, 6.07) is 12.9. The number of hydrogen-bond acceptors (Lipinski definition) is 9. The normalized spacial score (nSPS) is 15.9. The molecule has 1 aromatic heterocycles. The molecule has 0 saturated carbocycles. The molecule has 2 N–H and O–H groups in total. The Kier molecular flexibility index (Phi) is 9.67. The number of nitrogens with zero attached hydrogens (tertiary/aromatic N) is 1. The molecule has 1 fully saturated rings. The van der Waals surface area contributed by atoms with E-state index in [0.717, 1.165) is 18.4 Å². The second kappa shape index (κ2) is 14.0. The summed E-state index contributed by atoms with van der Waals surface area (Å²) in [5.74, 6) is 1.07. The van der Waals surface area contributed by atoms with Crippen LogP contribution in [0.25, 0.3) is 0 Å². The lowest BCUT2D eigenvalue weighted by atomic mass is 10.0. The van der Waals surface area contributed by atoms with E-state index in [-0.39, 0.29) is 50.0 Å². The third-order valence-corrected chi connectivity index (χ3v) is 7.29. The molecule has 2 atom stereocenters. The second-order valence-electron chi connectivity index (χ2n) is 10.2. The summed E-state index contributed by atoms with van der Waals surface area (Å²) in [5.41, 5.74) is 1.36. The maximum Gasteiger partial charge on any atom is 0.287 e. The zero-order valence-electron chi connectivity index (χ0n) is 24.1. The van der Waals surface area contributed by atoms with Crippen LogP contribution in [0.5, 0.6) is 23.0 Å². The number of fused-ring (bicyclic) bond motifs is 1. The van der Waals surface area contributed by atoms with Gasteiger partial charge in [-0.25, -0.2) is 0 Å². The van der Waals surface area contributed by atoms with Crippen molar-refractivity contribution in [2.45, 2.75) is 38.0 Å². The van der Waals surface area contributed by atoms with Crippen LogP contribution in [0.1, 0.15) is 47.0 Å². The number of nitrogens with one attached hydrogen (secondary N) is 2. The van der Waals surface area contributed by atoms with Crippen LogP contribution in [0.15, 0.2) is 59.2 Å². The van der Waals surface area contributed by atoms with E-state index in [9.17, 15) is 14.4 Å². The zero-order chi connectivity index (χ0) is 30.2. The van der Waals surface area contributed by atoms with Crippen molar-refractivity contribution in [3.05, 3.63) is 71.7 Å². The van der Waals surface area contributed by atoms with E-state index in [1.54, 1.807) is 36.4 Å². The quantitative estimate of drug-likeness (QED) is 0.306. The van der Waals surface area contributed by atoms with E-state index < -0.39 is 11.9 Å². The Morgan fingerprint density at radius 1 is 1.02 bits per heavy atom. The van der Waals surface area contributed by atoms with Crippen LogP contribution >= 0.6 is 0 Å². The van der Waals surface area contributed by atoms with Crippen LogP contribution in [0.2, 0.25) is 0 Å². The minimum Gasteiger partial charge on any atom is -0.493 e. The molecule has 1 saturated heterocycles. The van der Waals surface area contributed by atoms with Crippen molar-refractivity contribution in [1.29, 1.82) is 0 Å². The van der Waals surface area contributed by atoms with E-state index in [2.05, 4.69) is 10.6 Å². The summed E-state index contributed by atoms with van der Waals surface area (Å²) in [4.78, 5) is 41.4. The molecule has 228 valence electrons. The van der Waals surface area contributed by atoms with Crippen molar-refractivity contribution in [1.82, 2.24) is 15.5 Å². The predicted octanol–water partition coefficient (Wildman–Crippen LogP) is 3.21. The van der Waals surface area contributed by atoms with Gasteiger partial charge in [-0.05, 0) is 60.4 Å². The molecule has 43 heavy (non-hydrogen) atoms. The molecule has 2 aromatic carbocycles. The first-order valence-electron chi connectivity index (χ1n) is 14.0. The summed E-state index contributed by atoms with van der Waals surface area (Å²) in [7, 11) is 3.03. The van der Waals surface area contributed by atoms with Crippen LogP contribution in [-0.4, -0.2) is 69.4 Å². The molecule has 0 spiro atoms. The van der Waals surface area contributed by atoms with Gasteiger partial charge in [0.1, 0.15) is 0 Å². The predicted molar refractivity (Wildman–Crippen MR) is 153 cm³/mol. The Labute approximate surface area is 249 Å². The molecule has 3 amide bonds. The van der Waals surface area contributed by atoms with Gasteiger partial charge in [-0.15, -0.1) is 0 Å². The van der Waals surface area contributed by atoms with Crippen LogP contribution < -0.4 is 29.6 Å². The molecule has 2 aliphatic heterocycles. The van der Waals surface area contributed by atoms with Crippen LogP contribution in [0.4, 0.5) is 0 Å². The molecule has 3 heterocycles. The summed E-state index contributed by atoms with van der Waals surface area (Å²) in [5, 5.41) is 5.78. The molecular weight excluding hydrogens is 558 g/mol. The zero-order valence-corrected chi connectivity index (χ0v) is 24.1. The number of hydrogen-bond donors (Lipinski definition) is 2. The second-order valence-corrected chi connectivity index (χ2v) is 10.2. The minimum absolute atomic E-state index is 0.0341. The number of benzene rings is 2. The van der Waals surface area contributed by atoms with Gasteiger partial charge >= 0.3 is 0 Å². The smallest absolute Gasteiger partial charge is 0.287 e. The maximum absolute atomic E-state index is 13.9. The highest BCUT2D eigenvalue weighted by molar-refractivity contribution is 5.92. The topological polar surface area (TPSA) is 138 Å². The van der Waals surface area contributed by atoms with Gasteiger partial charge in [-0.2, -0.15) is 0 Å². The average Bonchev–Trinajstić information content (AvgIpc) is 3.82. The largest absolute Gasteiger partial charge is 0.493 e. The lowest BCUT2D eigenvalue weighted by molar-refractivity contribution is -0.137. The number of furan rings is 1. The van der Waals surface area contributed by atoms with E-state index in [0.29, 0.717) is 41.7 Å². The van der Waals surface area contributed by atoms with E-state index in [4.69, 9.17) is 28.1 Å². The highest BCUT2D eigenvalue weighted by Crippen LogP contribution is 2.34. The highest BCUT2D eigenvalue weighted by Gasteiger charge is 2.27. The van der Waals surface area contributed by atoms with Crippen molar-refractivity contribution in [3.8, 4) is 23.0 Å². The summed E-state index contributed by atoms with van der Waals surface area (Å²) in [6.07, 6.45) is 3.05. The van der Waals surface area contributed by atoms with Gasteiger partial charge in [0.2, 0.25) is 18.6 Å². The molecule has 12 heteroatoms. The first kappa shape index (κ1) is 29.8. The lowest BCUT2D eigenvalue weighted by Gasteiger charge is -2.26. The third kappa shape index (κ3) is 7.58. The standard InChI is InChI=1S/C31H35N3O9/c1-38-24-10-8-21(14-27(24)39-2)23(33-31(37)26-6-4-12-41-26)15-30(36)34(18-29(35)32-16-22-5-3-11-40-22)17-20-7-9-25-28(13-20)43-19-42-25/h4,6-10,12-14,22-23H,3,5,11,15-19H2,1-2H3,(H,32,35)(H,33,37)/t22-,23-/m1/s1.